The number of carbonyl (C=O) groups is 1. The van der Waals surface area contributed by atoms with Gasteiger partial charge in [-0.05, 0) is 12.1 Å². The van der Waals surface area contributed by atoms with Crippen molar-refractivity contribution in [2.45, 2.75) is 0 Å². The summed E-state index contributed by atoms with van der Waals surface area (Å²) < 4.78 is 1.99. The number of aryl methyl sites for hydroxylation is 1. The van der Waals surface area contributed by atoms with Crippen LogP contribution in [0.4, 0.5) is 10.5 Å². The van der Waals surface area contributed by atoms with Crippen LogP contribution in [0.25, 0.3) is 11.0 Å². The highest BCUT2D eigenvalue weighted by atomic mass is 16.4. The molecule has 6 nitrogen and oxygen atoms in total. The van der Waals surface area contributed by atoms with Gasteiger partial charge in [0.25, 0.3) is 0 Å². The first-order chi connectivity index (χ1) is 9.15. The summed E-state index contributed by atoms with van der Waals surface area (Å²) >= 11 is 0. The molecule has 0 unspecified atom stereocenters. The van der Waals surface area contributed by atoms with Gasteiger partial charge in [-0.3, -0.25) is 0 Å². The van der Waals surface area contributed by atoms with E-state index in [2.05, 4.69) is 16.0 Å². The standard InChI is InChI=1S/C13H16N4O2/c1-15-3-2-10-8-11(9-14-12(10)15)16-4-6-17(7-5-16)13(18)19/h2-3,8-9H,4-7H2,1H3,(H,18,19). The van der Waals surface area contributed by atoms with E-state index < -0.39 is 6.09 Å². The van der Waals surface area contributed by atoms with Crippen molar-refractivity contribution >= 4 is 22.8 Å². The van der Waals surface area contributed by atoms with Crippen LogP contribution in [-0.2, 0) is 7.05 Å². The summed E-state index contributed by atoms with van der Waals surface area (Å²) in [6.45, 7) is 2.52. The predicted molar refractivity (Wildman–Crippen MR) is 72.5 cm³/mol. The SMILES string of the molecule is Cn1ccc2cc(N3CCN(C(=O)O)CC3)cnc21. The molecule has 0 bridgehead atoms. The first-order valence-corrected chi connectivity index (χ1v) is 6.29. The van der Waals surface area contributed by atoms with Crippen LogP contribution in [0.5, 0.6) is 0 Å². The third-order valence-electron chi connectivity index (χ3n) is 3.61. The zero-order valence-electron chi connectivity index (χ0n) is 10.8. The van der Waals surface area contributed by atoms with Crippen molar-refractivity contribution in [1.29, 1.82) is 0 Å². The van der Waals surface area contributed by atoms with Crippen LogP contribution in [0, 0.1) is 0 Å². The molecule has 2 aromatic rings. The molecule has 1 aliphatic heterocycles. The van der Waals surface area contributed by atoms with E-state index in [4.69, 9.17) is 5.11 Å². The van der Waals surface area contributed by atoms with Gasteiger partial charge in [-0.2, -0.15) is 0 Å². The molecule has 1 fully saturated rings. The minimum atomic E-state index is -0.837. The largest absolute Gasteiger partial charge is 0.465 e. The van der Waals surface area contributed by atoms with Gasteiger partial charge in [0.1, 0.15) is 5.65 Å². The van der Waals surface area contributed by atoms with E-state index in [1.165, 1.54) is 4.90 Å². The van der Waals surface area contributed by atoms with Crippen molar-refractivity contribution in [3.63, 3.8) is 0 Å². The van der Waals surface area contributed by atoms with Gasteiger partial charge >= 0.3 is 6.09 Å². The number of anilines is 1. The molecule has 1 aliphatic rings. The lowest BCUT2D eigenvalue weighted by atomic mass is 10.2. The first-order valence-electron chi connectivity index (χ1n) is 6.29. The second kappa shape index (κ2) is 4.46. The van der Waals surface area contributed by atoms with E-state index in [1.807, 2.05) is 30.1 Å². The maximum atomic E-state index is 10.9. The van der Waals surface area contributed by atoms with Gasteiger partial charge in [-0.1, -0.05) is 0 Å². The second-order valence-corrected chi connectivity index (χ2v) is 4.79. The third-order valence-corrected chi connectivity index (χ3v) is 3.61. The zero-order valence-corrected chi connectivity index (χ0v) is 10.8. The van der Waals surface area contributed by atoms with Crippen LogP contribution in [0.2, 0.25) is 0 Å². The quantitative estimate of drug-likeness (QED) is 0.841. The molecule has 1 N–H and O–H groups in total. The Bertz CT molecular complexity index is 614. The highest BCUT2D eigenvalue weighted by Gasteiger charge is 2.20. The smallest absolute Gasteiger partial charge is 0.407 e. The van der Waals surface area contributed by atoms with E-state index in [0.29, 0.717) is 26.2 Å². The monoisotopic (exact) mass is 260 g/mol. The van der Waals surface area contributed by atoms with Crippen molar-refractivity contribution in [3.8, 4) is 0 Å². The molecule has 1 amide bonds. The number of pyridine rings is 1. The van der Waals surface area contributed by atoms with Crippen LogP contribution in [0.15, 0.2) is 24.5 Å². The third kappa shape index (κ3) is 2.09. The number of carboxylic acid groups (broad SMARTS) is 1. The normalized spacial score (nSPS) is 16.1. The maximum Gasteiger partial charge on any atom is 0.407 e. The van der Waals surface area contributed by atoms with Crippen LogP contribution < -0.4 is 4.90 Å². The number of hydrogen-bond donors (Lipinski definition) is 1. The molecular weight excluding hydrogens is 244 g/mol. The molecule has 19 heavy (non-hydrogen) atoms. The maximum absolute atomic E-state index is 10.9. The number of aromatic nitrogens is 2. The Hall–Kier alpha value is -2.24. The predicted octanol–water partition coefficient (Wildman–Crippen LogP) is 1.37. The molecule has 3 rings (SSSR count). The van der Waals surface area contributed by atoms with Gasteiger partial charge in [0.2, 0.25) is 0 Å². The second-order valence-electron chi connectivity index (χ2n) is 4.79. The van der Waals surface area contributed by atoms with Crippen LogP contribution >= 0.6 is 0 Å². The molecule has 0 aliphatic carbocycles. The Balaban J connectivity index is 1.80. The molecule has 0 atom stereocenters. The van der Waals surface area contributed by atoms with Gasteiger partial charge in [0, 0.05) is 44.8 Å². The molecule has 1 saturated heterocycles. The molecule has 0 aromatic carbocycles. The summed E-state index contributed by atoms with van der Waals surface area (Å²) in [5.74, 6) is 0. The summed E-state index contributed by atoms with van der Waals surface area (Å²) in [6, 6.07) is 4.15. The van der Waals surface area contributed by atoms with Gasteiger partial charge in [-0.15, -0.1) is 0 Å². The van der Waals surface area contributed by atoms with Crippen molar-refractivity contribution in [2.75, 3.05) is 31.1 Å². The average Bonchev–Trinajstić information content (AvgIpc) is 2.80. The molecule has 100 valence electrons. The van der Waals surface area contributed by atoms with Crippen molar-refractivity contribution in [3.05, 3.63) is 24.5 Å². The fourth-order valence-corrected chi connectivity index (χ4v) is 2.47. The van der Waals surface area contributed by atoms with E-state index in [9.17, 15) is 4.79 Å². The van der Waals surface area contributed by atoms with Gasteiger partial charge in [0.05, 0.1) is 11.9 Å². The van der Waals surface area contributed by atoms with Gasteiger partial charge < -0.3 is 19.5 Å². The summed E-state index contributed by atoms with van der Waals surface area (Å²) in [6.07, 6.45) is 3.01. The van der Waals surface area contributed by atoms with Crippen molar-refractivity contribution < 1.29 is 9.90 Å². The Labute approximate surface area is 110 Å². The first kappa shape index (κ1) is 11.8. The van der Waals surface area contributed by atoms with E-state index in [1.54, 1.807) is 0 Å². The average molecular weight is 260 g/mol. The molecule has 0 saturated carbocycles. The number of piperazine rings is 1. The van der Waals surface area contributed by atoms with E-state index in [0.717, 1.165) is 16.7 Å². The zero-order chi connectivity index (χ0) is 13.4. The highest BCUT2D eigenvalue weighted by molar-refractivity contribution is 5.79. The summed E-state index contributed by atoms with van der Waals surface area (Å²) in [5, 5.41) is 10.0. The lowest BCUT2D eigenvalue weighted by Gasteiger charge is -2.34. The number of rotatable bonds is 1. The molecule has 3 heterocycles. The fourth-order valence-electron chi connectivity index (χ4n) is 2.47. The summed E-state index contributed by atoms with van der Waals surface area (Å²) in [7, 11) is 1.97. The summed E-state index contributed by atoms with van der Waals surface area (Å²) in [5.41, 5.74) is 2.02. The number of nitrogens with zero attached hydrogens (tertiary/aromatic N) is 4. The number of amides is 1. The van der Waals surface area contributed by atoms with Crippen molar-refractivity contribution in [1.82, 2.24) is 14.5 Å². The minimum Gasteiger partial charge on any atom is -0.465 e. The Morgan fingerprint density at radius 3 is 2.74 bits per heavy atom. The fraction of sp³-hybridized carbons (Fsp3) is 0.385. The summed E-state index contributed by atoms with van der Waals surface area (Å²) in [4.78, 5) is 19.0. The topological polar surface area (TPSA) is 61.6 Å². The number of fused-ring (bicyclic) bond motifs is 1. The Morgan fingerprint density at radius 2 is 2.05 bits per heavy atom. The molecule has 0 spiro atoms. The van der Waals surface area contributed by atoms with Gasteiger partial charge in [-0.25, -0.2) is 9.78 Å². The molecule has 2 aromatic heterocycles. The highest BCUT2D eigenvalue weighted by Crippen LogP contribution is 2.21. The molecular formula is C13H16N4O2. The Morgan fingerprint density at radius 1 is 1.32 bits per heavy atom. The van der Waals surface area contributed by atoms with Gasteiger partial charge in [0.15, 0.2) is 0 Å². The van der Waals surface area contributed by atoms with E-state index >= 15 is 0 Å². The van der Waals surface area contributed by atoms with E-state index in [-0.39, 0.29) is 0 Å². The van der Waals surface area contributed by atoms with Crippen molar-refractivity contribution in [2.24, 2.45) is 7.05 Å². The lowest BCUT2D eigenvalue weighted by Crippen LogP contribution is -2.48. The minimum absolute atomic E-state index is 0.544. The lowest BCUT2D eigenvalue weighted by molar-refractivity contribution is 0.142. The van der Waals surface area contributed by atoms with Crippen LogP contribution in [-0.4, -0.2) is 51.8 Å². The molecule has 0 radical (unpaired) electrons. The number of hydrogen-bond acceptors (Lipinski definition) is 3. The van der Waals surface area contributed by atoms with Crippen LogP contribution in [0.3, 0.4) is 0 Å². The Kier molecular flexibility index (Phi) is 2.77. The van der Waals surface area contributed by atoms with Crippen LogP contribution in [0.1, 0.15) is 0 Å². The molecule has 6 heteroatoms.